The average molecular weight is 314 g/mol. The topological polar surface area (TPSA) is 59.6 Å². The summed E-state index contributed by atoms with van der Waals surface area (Å²) in [7, 11) is 0. The van der Waals surface area contributed by atoms with Gasteiger partial charge in [0.25, 0.3) is 0 Å². The second-order valence-electron chi connectivity index (χ2n) is 5.32. The molecule has 0 saturated carbocycles. The van der Waals surface area contributed by atoms with Gasteiger partial charge in [-0.2, -0.15) is 0 Å². The number of nitrogens with one attached hydrogen (secondary N) is 2. The maximum Gasteiger partial charge on any atom is 0.344 e. The molecule has 0 heterocycles. The highest BCUT2D eigenvalue weighted by Gasteiger charge is 2.06. The maximum absolute atomic E-state index is 11.4. The van der Waals surface area contributed by atoms with Crippen LogP contribution in [0.4, 0.5) is 5.69 Å². The van der Waals surface area contributed by atoms with E-state index in [-0.39, 0.29) is 18.7 Å². The third-order valence-electron chi connectivity index (χ3n) is 2.95. The Morgan fingerprint density at radius 2 is 1.74 bits per heavy atom. The first-order chi connectivity index (χ1) is 11.1. The van der Waals surface area contributed by atoms with Gasteiger partial charge in [0.2, 0.25) is 0 Å². The van der Waals surface area contributed by atoms with Gasteiger partial charge in [-0.3, -0.25) is 0 Å². The first-order valence-electron chi connectivity index (χ1n) is 7.58. The summed E-state index contributed by atoms with van der Waals surface area (Å²) in [6, 6.07) is 17.5. The number of carbonyl (C=O) groups is 1. The smallest absolute Gasteiger partial charge is 0.344 e. The van der Waals surface area contributed by atoms with E-state index in [1.165, 1.54) is 0 Å². The first-order valence-corrected chi connectivity index (χ1v) is 7.58. The van der Waals surface area contributed by atoms with E-state index < -0.39 is 0 Å². The van der Waals surface area contributed by atoms with E-state index in [4.69, 9.17) is 9.47 Å². The number of rotatable bonds is 8. The summed E-state index contributed by atoms with van der Waals surface area (Å²) < 4.78 is 10.4. The molecule has 2 N–H and O–H groups in total. The van der Waals surface area contributed by atoms with Gasteiger partial charge in [0, 0.05) is 12.2 Å². The molecule has 0 saturated heterocycles. The molecule has 2 rings (SSSR count). The highest BCUT2D eigenvalue weighted by molar-refractivity contribution is 5.71. The summed E-state index contributed by atoms with van der Waals surface area (Å²) in [5.74, 6) is 0.281. The summed E-state index contributed by atoms with van der Waals surface area (Å²) in [4.78, 5) is 11.4. The lowest BCUT2D eigenvalue weighted by atomic mass is 10.2. The lowest BCUT2D eigenvalue weighted by Gasteiger charge is -2.10. The molecule has 122 valence electrons. The molecule has 5 heteroatoms. The fraction of sp³-hybridized carbons (Fsp3) is 0.278. The van der Waals surface area contributed by atoms with Crippen molar-refractivity contribution in [3.05, 3.63) is 60.2 Å². The Morgan fingerprint density at radius 1 is 1.04 bits per heavy atom. The SMILES string of the molecule is CC(C)OC(=O)COc1ccc(CNNc2ccccc2)cc1. The molecule has 2 aromatic rings. The van der Waals surface area contributed by atoms with Gasteiger partial charge >= 0.3 is 5.97 Å². The van der Waals surface area contributed by atoms with Crippen LogP contribution in [0.2, 0.25) is 0 Å². The standard InChI is InChI=1S/C18H22N2O3/c1-14(2)23-18(21)13-22-17-10-8-15(9-11-17)12-19-20-16-6-4-3-5-7-16/h3-11,14,19-20H,12-13H2,1-2H3. The van der Waals surface area contributed by atoms with E-state index in [0.29, 0.717) is 12.3 Å². The molecular weight excluding hydrogens is 292 g/mol. The monoisotopic (exact) mass is 314 g/mol. The predicted molar refractivity (Wildman–Crippen MR) is 90.1 cm³/mol. The van der Waals surface area contributed by atoms with Crippen molar-refractivity contribution in [1.82, 2.24) is 5.43 Å². The zero-order chi connectivity index (χ0) is 16.5. The number of benzene rings is 2. The van der Waals surface area contributed by atoms with Crippen LogP contribution in [0.15, 0.2) is 54.6 Å². The molecule has 0 radical (unpaired) electrons. The van der Waals surface area contributed by atoms with E-state index in [2.05, 4.69) is 10.9 Å². The highest BCUT2D eigenvalue weighted by Crippen LogP contribution is 2.12. The predicted octanol–water partition coefficient (Wildman–Crippen LogP) is 3.13. The molecular formula is C18H22N2O3. The molecule has 0 amide bonds. The second kappa shape index (κ2) is 8.80. The number of anilines is 1. The maximum atomic E-state index is 11.4. The Balaban J connectivity index is 1.73. The van der Waals surface area contributed by atoms with Gasteiger partial charge < -0.3 is 14.9 Å². The van der Waals surface area contributed by atoms with Crippen molar-refractivity contribution in [2.45, 2.75) is 26.5 Å². The lowest BCUT2D eigenvalue weighted by Crippen LogP contribution is -2.20. The van der Waals surface area contributed by atoms with Gasteiger partial charge in [-0.15, -0.1) is 0 Å². The van der Waals surface area contributed by atoms with Gasteiger partial charge in [-0.1, -0.05) is 30.3 Å². The average Bonchev–Trinajstić information content (AvgIpc) is 2.54. The highest BCUT2D eigenvalue weighted by atomic mass is 16.6. The second-order valence-corrected chi connectivity index (χ2v) is 5.32. The van der Waals surface area contributed by atoms with Crippen LogP contribution in [0.5, 0.6) is 5.75 Å². The van der Waals surface area contributed by atoms with Crippen LogP contribution in [0.1, 0.15) is 19.4 Å². The quantitative estimate of drug-likeness (QED) is 0.579. The number of para-hydroxylation sites is 1. The molecule has 0 aromatic heterocycles. The number of carbonyl (C=O) groups excluding carboxylic acids is 1. The Kier molecular flexibility index (Phi) is 6.44. The van der Waals surface area contributed by atoms with Crippen LogP contribution in [-0.2, 0) is 16.1 Å². The minimum atomic E-state index is -0.363. The van der Waals surface area contributed by atoms with Gasteiger partial charge in [-0.05, 0) is 43.7 Å². The van der Waals surface area contributed by atoms with E-state index in [1.807, 2.05) is 68.4 Å². The number of hydrogen-bond acceptors (Lipinski definition) is 5. The number of esters is 1. The van der Waals surface area contributed by atoms with Crippen LogP contribution in [0.3, 0.4) is 0 Å². The van der Waals surface area contributed by atoms with Crippen molar-refractivity contribution in [2.75, 3.05) is 12.0 Å². The third kappa shape index (κ3) is 6.40. The molecule has 0 atom stereocenters. The van der Waals surface area contributed by atoms with E-state index in [0.717, 1.165) is 11.3 Å². The minimum Gasteiger partial charge on any atom is -0.482 e. The van der Waals surface area contributed by atoms with E-state index in [1.54, 1.807) is 0 Å². The molecule has 0 bridgehead atoms. The first kappa shape index (κ1) is 16.8. The summed E-state index contributed by atoms with van der Waals surface area (Å²) in [5.41, 5.74) is 8.38. The van der Waals surface area contributed by atoms with Crippen LogP contribution in [-0.4, -0.2) is 18.7 Å². The van der Waals surface area contributed by atoms with Crippen LogP contribution < -0.4 is 15.6 Å². The zero-order valence-corrected chi connectivity index (χ0v) is 13.4. The van der Waals surface area contributed by atoms with Crippen LogP contribution in [0.25, 0.3) is 0 Å². The van der Waals surface area contributed by atoms with Gasteiger partial charge in [0.15, 0.2) is 6.61 Å². The molecule has 0 fully saturated rings. The summed E-state index contributed by atoms with van der Waals surface area (Å²) in [6.07, 6.45) is -0.128. The van der Waals surface area contributed by atoms with E-state index in [9.17, 15) is 4.79 Å². The van der Waals surface area contributed by atoms with Crippen molar-refractivity contribution in [2.24, 2.45) is 0 Å². The Labute approximate surface area is 136 Å². The summed E-state index contributed by atoms with van der Waals surface area (Å²) in [5, 5.41) is 0. The Morgan fingerprint density at radius 3 is 2.39 bits per heavy atom. The number of hydrogen-bond donors (Lipinski definition) is 2. The van der Waals surface area contributed by atoms with Crippen molar-refractivity contribution >= 4 is 11.7 Å². The number of ether oxygens (including phenoxy) is 2. The molecule has 0 spiro atoms. The normalized spacial score (nSPS) is 10.4. The molecule has 0 unspecified atom stereocenters. The van der Waals surface area contributed by atoms with Crippen molar-refractivity contribution in [3.8, 4) is 5.75 Å². The summed E-state index contributed by atoms with van der Waals surface area (Å²) in [6.45, 7) is 4.21. The van der Waals surface area contributed by atoms with Gasteiger partial charge in [0.05, 0.1) is 6.10 Å². The fourth-order valence-corrected chi connectivity index (χ4v) is 1.91. The van der Waals surface area contributed by atoms with Crippen molar-refractivity contribution < 1.29 is 14.3 Å². The Hall–Kier alpha value is -2.53. The van der Waals surface area contributed by atoms with Crippen LogP contribution in [0, 0.1) is 0 Å². The fourth-order valence-electron chi connectivity index (χ4n) is 1.91. The van der Waals surface area contributed by atoms with Gasteiger partial charge in [-0.25, -0.2) is 10.2 Å². The lowest BCUT2D eigenvalue weighted by molar-refractivity contribution is -0.149. The molecule has 5 nitrogen and oxygen atoms in total. The van der Waals surface area contributed by atoms with Crippen molar-refractivity contribution in [1.29, 1.82) is 0 Å². The minimum absolute atomic E-state index is 0.0780. The van der Waals surface area contributed by atoms with E-state index >= 15 is 0 Å². The molecule has 23 heavy (non-hydrogen) atoms. The summed E-state index contributed by atoms with van der Waals surface area (Å²) >= 11 is 0. The molecule has 2 aromatic carbocycles. The Bertz CT molecular complexity index is 597. The van der Waals surface area contributed by atoms with Gasteiger partial charge in [0.1, 0.15) is 5.75 Å². The zero-order valence-electron chi connectivity index (χ0n) is 13.4. The molecule has 0 aliphatic carbocycles. The molecule has 0 aliphatic heterocycles. The molecule has 0 aliphatic rings. The third-order valence-corrected chi connectivity index (χ3v) is 2.95. The number of hydrazine groups is 1. The van der Waals surface area contributed by atoms with Crippen LogP contribution >= 0.6 is 0 Å². The largest absolute Gasteiger partial charge is 0.482 e. The van der Waals surface area contributed by atoms with Crippen molar-refractivity contribution in [3.63, 3.8) is 0 Å².